The minimum absolute atomic E-state index is 0.0874. The molecule has 0 saturated carbocycles. The summed E-state index contributed by atoms with van der Waals surface area (Å²) in [6.45, 7) is 16.0. The summed E-state index contributed by atoms with van der Waals surface area (Å²) < 4.78 is 6.82. The maximum absolute atomic E-state index is 14.6. The van der Waals surface area contributed by atoms with Gasteiger partial charge in [0.2, 0.25) is 11.8 Å². The van der Waals surface area contributed by atoms with Crippen molar-refractivity contribution in [3.63, 3.8) is 0 Å². The number of nitrogens with zero attached hydrogens (tertiary/aromatic N) is 3. The molecule has 9 heteroatoms. The number of anilines is 1. The molecule has 1 N–H and O–H groups in total. The fourth-order valence-electron chi connectivity index (χ4n) is 7.06. The van der Waals surface area contributed by atoms with E-state index in [-0.39, 0.29) is 36.8 Å². The molecule has 212 valence electrons. The van der Waals surface area contributed by atoms with E-state index in [9.17, 15) is 19.5 Å². The fourth-order valence-corrected chi connectivity index (χ4v) is 7.30. The van der Waals surface area contributed by atoms with Crippen LogP contribution in [0, 0.1) is 17.8 Å². The maximum atomic E-state index is 14.6. The third-order valence-electron chi connectivity index (χ3n) is 8.87. The van der Waals surface area contributed by atoms with Crippen LogP contribution in [0.1, 0.15) is 40.5 Å². The van der Waals surface area contributed by atoms with Crippen molar-refractivity contribution >= 4 is 35.0 Å². The van der Waals surface area contributed by atoms with Crippen LogP contribution in [-0.2, 0) is 19.1 Å². The van der Waals surface area contributed by atoms with Crippen LogP contribution < -0.4 is 4.90 Å². The van der Waals surface area contributed by atoms with Crippen LogP contribution in [0.25, 0.3) is 0 Å². The molecule has 0 aromatic heterocycles. The number of para-hydroxylation sites is 1. The quantitative estimate of drug-likeness (QED) is 0.419. The Morgan fingerprint density at radius 2 is 1.92 bits per heavy atom. The highest BCUT2D eigenvalue weighted by atomic mass is 35.5. The predicted octanol–water partition coefficient (Wildman–Crippen LogP) is 3.68. The van der Waals surface area contributed by atoms with Gasteiger partial charge < -0.3 is 24.5 Å². The fraction of sp³-hybridized carbons (Fsp3) is 0.567. The van der Waals surface area contributed by atoms with E-state index in [1.807, 2.05) is 20.8 Å². The van der Waals surface area contributed by atoms with Gasteiger partial charge in [-0.1, -0.05) is 49.7 Å². The molecule has 0 aliphatic carbocycles. The van der Waals surface area contributed by atoms with Crippen LogP contribution in [0.15, 0.2) is 49.6 Å². The zero-order valence-electron chi connectivity index (χ0n) is 23.3. The molecule has 3 heterocycles. The van der Waals surface area contributed by atoms with Crippen molar-refractivity contribution in [2.45, 2.75) is 63.8 Å². The summed E-state index contributed by atoms with van der Waals surface area (Å²) in [5, 5.41) is 10.6. The highest BCUT2D eigenvalue weighted by Crippen LogP contribution is 2.65. The highest BCUT2D eigenvalue weighted by molar-refractivity contribution is 6.34. The van der Waals surface area contributed by atoms with E-state index in [1.165, 1.54) is 9.80 Å². The van der Waals surface area contributed by atoms with Crippen LogP contribution in [0.4, 0.5) is 5.69 Å². The van der Waals surface area contributed by atoms with Crippen LogP contribution in [-0.4, -0.2) is 82.2 Å². The predicted molar refractivity (Wildman–Crippen MR) is 151 cm³/mol. The van der Waals surface area contributed by atoms with E-state index in [0.29, 0.717) is 30.2 Å². The summed E-state index contributed by atoms with van der Waals surface area (Å²) >= 11 is 6.51. The van der Waals surface area contributed by atoms with Gasteiger partial charge in [0, 0.05) is 19.6 Å². The first kappa shape index (κ1) is 29.3. The minimum atomic E-state index is -1.22. The normalized spacial score (nSPS) is 31.6. The van der Waals surface area contributed by atoms with Crippen molar-refractivity contribution in [2.75, 3.05) is 31.1 Å². The van der Waals surface area contributed by atoms with Gasteiger partial charge in [0.05, 0.1) is 40.8 Å². The molecule has 1 aromatic rings. The molecule has 2 bridgehead atoms. The van der Waals surface area contributed by atoms with E-state index in [1.54, 1.807) is 48.2 Å². The van der Waals surface area contributed by atoms with Gasteiger partial charge in [0.15, 0.2) is 0 Å². The molecule has 3 amide bonds. The van der Waals surface area contributed by atoms with Gasteiger partial charge >= 0.3 is 0 Å². The highest BCUT2D eigenvalue weighted by Gasteiger charge is 2.80. The number of likely N-dealkylation sites (tertiary alicyclic amines) is 1. The number of carbonyl (C=O) groups is 3. The Hall–Kier alpha value is -2.68. The number of rotatable bonds is 11. The van der Waals surface area contributed by atoms with E-state index < -0.39 is 35.1 Å². The van der Waals surface area contributed by atoms with Gasteiger partial charge in [-0.3, -0.25) is 14.4 Å². The van der Waals surface area contributed by atoms with Gasteiger partial charge in [0.1, 0.15) is 11.6 Å². The van der Waals surface area contributed by atoms with Gasteiger partial charge in [-0.2, -0.15) is 0 Å². The van der Waals surface area contributed by atoms with E-state index in [2.05, 4.69) is 13.2 Å². The number of aliphatic hydroxyl groups excluding tert-OH is 1. The van der Waals surface area contributed by atoms with Gasteiger partial charge in [0.25, 0.3) is 5.91 Å². The monoisotopic (exact) mass is 557 g/mol. The van der Waals surface area contributed by atoms with E-state index in [0.717, 1.165) is 6.42 Å². The summed E-state index contributed by atoms with van der Waals surface area (Å²) in [6.07, 6.45) is 4.48. The first-order valence-corrected chi connectivity index (χ1v) is 14.1. The molecule has 4 rings (SSSR count). The molecule has 39 heavy (non-hydrogen) atoms. The van der Waals surface area contributed by atoms with Crippen molar-refractivity contribution in [1.82, 2.24) is 9.80 Å². The Labute approximate surface area is 236 Å². The summed E-state index contributed by atoms with van der Waals surface area (Å²) in [5.74, 6) is -2.58. The number of fused-ring (bicyclic) bond motifs is 1. The van der Waals surface area contributed by atoms with E-state index in [4.69, 9.17) is 16.3 Å². The molecular formula is C30H40ClN3O5. The topological polar surface area (TPSA) is 90.4 Å². The van der Waals surface area contributed by atoms with Crippen LogP contribution >= 0.6 is 11.6 Å². The average Bonchev–Trinajstić information content (AvgIpc) is 3.43. The standard InChI is InChI=1S/C30H40ClN3O5/c1-7-14-32(15-8-2)26(36)23-24-27(37)34(20(5)18-35)25(30(24)17-19(4)29(23,6)39-30)28(38)33(16-9-3)22-13-11-10-12-21(22)31/h7,9-13,19-20,23-25,35H,1,3,8,14-18H2,2,4-6H3/t19?,20-,23-,24+,25?,29+,30?/m1/s1. The molecule has 1 spiro atoms. The van der Waals surface area contributed by atoms with Gasteiger partial charge in [-0.15, -0.1) is 13.2 Å². The Kier molecular flexibility index (Phi) is 8.31. The molecule has 0 radical (unpaired) electrons. The smallest absolute Gasteiger partial charge is 0.253 e. The number of hydrogen-bond donors (Lipinski definition) is 1. The second-order valence-electron chi connectivity index (χ2n) is 11.2. The number of benzene rings is 1. The SMILES string of the molecule is C=CCN(CCC)C(=O)[C@H]1[C@H]2C(=O)N([C@H](C)CO)C(C(=O)N(CC=C)c3ccccc3Cl)C23CC(C)[C@]1(C)O3. The lowest BCUT2D eigenvalue weighted by molar-refractivity contribution is -0.153. The minimum Gasteiger partial charge on any atom is -0.394 e. The Balaban J connectivity index is 1.87. The number of ether oxygens (including phenoxy) is 1. The van der Waals surface area contributed by atoms with Gasteiger partial charge in [-0.25, -0.2) is 0 Å². The van der Waals surface area contributed by atoms with Gasteiger partial charge in [-0.05, 0) is 44.7 Å². The lowest BCUT2D eigenvalue weighted by atomic mass is 9.62. The first-order valence-electron chi connectivity index (χ1n) is 13.7. The number of hydrogen-bond acceptors (Lipinski definition) is 5. The van der Waals surface area contributed by atoms with Crippen molar-refractivity contribution in [2.24, 2.45) is 17.8 Å². The van der Waals surface area contributed by atoms with Crippen LogP contribution in [0.5, 0.6) is 0 Å². The van der Waals surface area contributed by atoms with Crippen molar-refractivity contribution in [3.05, 3.63) is 54.6 Å². The number of halogens is 1. The summed E-state index contributed by atoms with van der Waals surface area (Å²) in [7, 11) is 0. The van der Waals surface area contributed by atoms with E-state index >= 15 is 0 Å². The molecule has 3 aliphatic rings. The average molecular weight is 558 g/mol. The lowest BCUT2D eigenvalue weighted by Crippen LogP contribution is -2.58. The Morgan fingerprint density at radius 1 is 1.26 bits per heavy atom. The largest absolute Gasteiger partial charge is 0.394 e. The second kappa shape index (κ2) is 11.1. The second-order valence-corrected chi connectivity index (χ2v) is 11.7. The van der Waals surface area contributed by atoms with Crippen molar-refractivity contribution in [1.29, 1.82) is 0 Å². The third kappa shape index (κ3) is 4.41. The van der Waals surface area contributed by atoms with Crippen molar-refractivity contribution < 1.29 is 24.2 Å². The zero-order chi connectivity index (χ0) is 28.7. The third-order valence-corrected chi connectivity index (χ3v) is 9.19. The Bertz CT molecular complexity index is 1160. The van der Waals surface area contributed by atoms with Crippen molar-refractivity contribution in [3.8, 4) is 0 Å². The zero-order valence-corrected chi connectivity index (χ0v) is 24.1. The van der Waals surface area contributed by atoms with Crippen LogP contribution in [0.2, 0.25) is 5.02 Å². The number of carbonyl (C=O) groups excluding carboxylic acids is 3. The Morgan fingerprint density at radius 3 is 2.51 bits per heavy atom. The molecule has 3 aliphatic heterocycles. The summed E-state index contributed by atoms with van der Waals surface area (Å²) in [6, 6.07) is 5.31. The summed E-state index contributed by atoms with van der Waals surface area (Å²) in [5.41, 5.74) is -1.66. The lowest BCUT2D eigenvalue weighted by Gasteiger charge is -2.39. The molecular weight excluding hydrogens is 518 g/mol. The molecule has 3 saturated heterocycles. The molecule has 8 nitrogen and oxygen atoms in total. The molecule has 3 fully saturated rings. The summed E-state index contributed by atoms with van der Waals surface area (Å²) in [4.78, 5) is 47.7. The van der Waals surface area contributed by atoms with Crippen LogP contribution in [0.3, 0.4) is 0 Å². The molecule has 7 atom stereocenters. The molecule has 1 aromatic carbocycles. The molecule has 3 unspecified atom stereocenters. The number of amides is 3. The first-order chi connectivity index (χ1) is 18.5. The number of aliphatic hydroxyl groups is 1. The maximum Gasteiger partial charge on any atom is 0.253 e.